The Balaban J connectivity index is 1.52. The molecule has 0 spiro atoms. The van der Waals surface area contributed by atoms with Gasteiger partial charge >= 0.3 is 5.97 Å². The van der Waals surface area contributed by atoms with Crippen LogP contribution in [0.25, 0.3) is 6.08 Å². The topological polar surface area (TPSA) is 86.7 Å². The molecule has 4 aromatic rings. The molecule has 0 saturated carbocycles. The maximum absolute atomic E-state index is 14.0. The van der Waals surface area contributed by atoms with Gasteiger partial charge in [0, 0.05) is 34.9 Å². The Hall–Kier alpha value is -5.37. The first kappa shape index (κ1) is 31.1. The van der Waals surface area contributed by atoms with E-state index in [9.17, 15) is 9.59 Å². The van der Waals surface area contributed by atoms with Gasteiger partial charge in [-0.25, -0.2) is 4.79 Å². The molecule has 0 radical (unpaired) electrons. The van der Waals surface area contributed by atoms with E-state index >= 15 is 0 Å². The van der Waals surface area contributed by atoms with E-state index in [0.29, 0.717) is 35.8 Å². The number of rotatable bonds is 10. The molecule has 8 heteroatoms. The maximum Gasteiger partial charge on any atom is 0.330 e. The van der Waals surface area contributed by atoms with Gasteiger partial charge < -0.3 is 23.9 Å². The predicted octanol–water partition coefficient (Wildman–Crippen LogP) is 7.21. The van der Waals surface area contributed by atoms with Gasteiger partial charge in [0.25, 0.3) is 5.91 Å². The van der Waals surface area contributed by atoms with E-state index < -0.39 is 11.6 Å². The van der Waals surface area contributed by atoms with Crippen LogP contribution in [-0.4, -0.2) is 37.4 Å². The lowest BCUT2D eigenvalue weighted by molar-refractivity contribution is -0.134. The third-order valence-electron chi connectivity index (χ3n) is 7.32. The van der Waals surface area contributed by atoms with Crippen molar-refractivity contribution in [3.05, 3.63) is 131 Å². The van der Waals surface area contributed by atoms with Crippen molar-refractivity contribution in [1.82, 2.24) is 0 Å². The van der Waals surface area contributed by atoms with Crippen LogP contribution in [0.1, 0.15) is 52.9 Å². The van der Waals surface area contributed by atoms with Crippen molar-refractivity contribution in [3.63, 3.8) is 0 Å². The van der Waals surface area contributed by atoms with Gasteiger partial charge in [-0.3, -0.25) is 4.79 Å². The highest BCUT2D eigenvalue weighted by molar-refractivity contribution is 6.07. The molecule has 45 heavy (non-hydrogen) atoms. The number of methoxy groups -OCH3 is 2. The summed E-state index contributed by atoms with van der Waals surface area (Å²) in [5.74, 6) is 0.411. The minimum absolute atomic E-state index is 0.190. The molecule has 1 amide bonds. The number of nitrogens with zero attached hydrogens (tertiary/aromatic N) is 2. The van der Waals surface area contributed by atoms with Gasteiger partial charge in [0.15, 0.2) is 11.5 Å². The van der Waals surface area contributed by atoms with Crippen molar-refractivity contribution in [2.24, 2.45) is 5.16 Å². The second-order valence-electron chi connectivity index (χ2n) is 11.2. The molecule has 4 aromatic carbocycles. The summed E-state index contributed by atoms with van der Waals surface area (Å²) in [4.78, 5) is 33.1. The molecule has 0 aliphatic carbocycles. The van der Waals surface area contributed by atoms with E-state index in [4.69, 9.17) is 19.0 Å². The van der Waals surface area contributed by atoms with Gasteiger partial charge in [-0.15, -0.1) is 0 Å². The number of amides is 1. The molecule has 8 nitrogen and oxygen atoms in total. The van der Waals surface area contributed by atoms with Crippen LogP contribution in [0.4, 0.5) is 5.69 Å². The molecule has 1 aliphatic heterocycles. The zero-order chi connectivity index (χ0) is 31.8. The summed E-state index contributed by atoms with van der Waals surface area (Å²) < 4.78 is 17.2. The first-order chi connectivity index (χ1) is 21.8. The second kappa shape index (κ2) is 13.9. The predicted molar refractivity (Wildman–Crippen MR) is 175 cm³/mol. The van der Waals surface area contributed by atoms with Gasteiger partial charge in [-0.1, -0.05) is 71.9 Å². The number of carbonyl (C=O) groups excluding carboxylic acids is 2. The van der Waals surface area contributed by atoms with Crippen molar-refractivity contribution in [3.8, 4) is 11.5 Å². The average molecular weight is 605 g/mol. The summed E-state index contributed by atoms with van der Waals surface area (Å²) in [5.41, 5.74) is 4.65. The Labute approximate surface area is 263 Å². The van der Waals surface area contributed by atoms with E-state index in [0.717, 1.165) is 28.0 Å². The zero-order valence-corrected chi connectivity index (χ0v) is 25.9. The molecular weight excluding hydrogens is 568 g/mol. The number of carbonyl (C=O) groups is 2. The van der Waals surface area contributed by atoms with Gasteiger partial charge in [0.2, 0.25) is 0 Å². The molecule has 5 rings (SSSR count). The van der Waals surface area contributed by atoms with E-state index in [1.54, 1.807) is 30.2 Å². The SMILES string of the molecule is COC(=O)/C=C/c1cccc(N(Cc2ccc3c(c2OC)OC(C)(C)C/C3=N\OCc2ccccc2)C(=O)c2ccccc2)c1. The van der Waals surface area contributed by atoms with Crippen LogP contribution >= 0.6 is 0 Å². The van der Waals surface area contributed by atoms with Gasteiger partial charge in [0.1, 0.15) is 12.2 Å². The highest BCUT2D eigenvalue weighted by Crippen LogP contribution is 2.43. The fraction of sp³-hybridized carbons (Fsp3) is 0.216. The molecule has 0 N–H and O–H groups in total. The standard InChI is InChI=1S/C37H36N2O6/c1-37(2)23-32(38-44-25-27-12-7-5-8-13-27)31-20-19-29(34(43-4)35(31)45-37)24-39(36(41)28-15-9-6-10-16-28)30-17-11-14-26(22-30)18-21-33(40)42-3/h5-22H,23-25H2,1-4H3/b21-18+,38-32+. The van der Waals surface area contributed by atoms with Crippen LogP contribution in [-0.2, 0) is 27.5 Å². The summed E-state index contributed by atoms with van der Waals surface area (Å²) in [7, 11) is 2.92. The zero-order valence-electron chi connectivity index (χ0n) is 25.9. The largest absolute Gasteiger partial charge is 0.492 e. The van der Waals surface area contributed by atoms with E-state index in [1.165, 1.54) is 13.2 Å². The molecule has 0 bridgehead atoms. The third kappa shape index (κ3) is 7.59. The summed E-state index contributed by atoms with van der Waals surface area (Å²) in [6.45, 7) is 4.52. The number of hydrogen-bond acceptors (Lipinski definition) is 7. The van der Waals surface area contributed by atoms with Crippen LogP contribution in [0.3, 0.4) is 0 Å². The molecule has 0 unspecified atom stereocenters. The number of esters is 1. The third-order valence-corrected chi connectivity index (χ3v) is 7.32. The minimum atomic E-state index is -0.576. The molecular formula is C37H36N2O6. The van der Waals surface area contributed by atoms with Crippen molar-refractivity contribution < 1.29 is 28.6 Å². The highest BCUT2D eigenvalue weighted by Gasteiger charge is 2.35. The number of benzene rings is 4. The summed E-state index contributed by atoms with van der Waals surface area (Å²) in [6, 6.07) is 30.2. The fourth-order valence-electron chi connectivity index (χ4n) is 5.15. The number of hydrogen-bond donors (Lipinski definition) is 0. The Morgan fingerprint density at radius 2 is 1.67 bits per heavy atom. The first-order valence-electron chi connectivity index (χ1n) is 14.6. The molecule has 0 aromatic heterocycles. The van der Waals surface area contributed by atoms with Crippen molar-refractivity contribution in [2.45, 2.75) is 39.0 Å². The Morgan fingerprint density at radius 3 is 2.38 bits per heavy atom. The Morgan fingerprint density at radius 1 is 0.933 bits per heavy atom. The van der Waals surface area contributed by atoms with Gasteiger partial charge in [-0.2, -0.15) is 0 Å². The lowest BCUT2D eigenvalue weighted by Crippen LogP contribution is -2.37. The first-order valence-corrected chi connectivity index (χ1v) is 14.6. The summed E-state index contributed by atoms with van der Waals surface area (Å²) in [6.07, 6.45) is 3.54. The quantitative estimate of drug-likeness (QED) is 0.108. The average Bonchev–Trinajstić information content (AvgIpc) is 3.06. The second-order valence-corrected chi connectivity index (χ2v) is 11.2. The number of anilines is 1. The fourth-order valence-corrected chi connectivity index (χ4v) is 5.15. The van der Waals surface area contributed by atoms with Crippen molar-refractivity contribution >= 4 is 29.4 Å². The summed E-state index contributed by atoms with van der Waals surface area (Å²) in [5, 5.41) is 4.52. The molecule has 230 valence electrons. The lowest BCUT2D eigenvalue weighted by atomic mass is 9.91. The van der Waals surface area contributed by atoms with Gasteiger partial charge in [0.05, 0.1) is 26.5 Å². The Bertz CT molecular complexity index is 1710. The van der Waals surface area contributed by atoms with Gasteiger partial charge in [-0.05, 0) is 61.4 Å². The van der Waals surface area contributed by atoms with Crippen molar-refractivity contribution in [2.75, 3.05) is 19.1 Å². The maximum atomic E-state index is 14.0. The molecule has 1 heterocycles. The lowest BCUT2D eigenvalue weighted by Gasteiger charge is -2.35. The van der Waals surface area contributed by atoms with E-state index in [2.05, 4.69) is 5.16 Å². The number of fused-ring (bicyclic) bond motifs is 1. The molecule has 1 aliphatic rings. The molecule has 0 saturated heterocycles. The van der Waals surface area contributed by atoms with Crippen LogP contribution in [0.2, 0.25) is 0 Å². The minimum Gasteiger partial charge on any atom is -0.492 e. The smallest absolute Gasteiger partial charge is 0.330 e. The Kier molecular flexibility index (Phi) is 9.63. The molecule has 0 atom stereocenters. The normalized spacial score (nSPS) is 14.4. The van der Waals surface area contributed by atoms with Crippen LogP contribution < -0.4 is 14.4 Å². The number of ether oxygens (including phenoxy) is 3. The van der Waals surface area contributed by atoms with E-state index in [1.807, 2.05) is 98.8 Å². The molecule has 0 fully saturated rings. The summed E-state index contributed by atoms with van der Waals surface area (Å²) >= 11 is 0. The van der Waals surface area contributed by atoms with Crippen molar-refractivity contribution in [1.29, 1.82) is 0 Å². The number of oxime groups is 1. The van der Waals surface area contributed by atoms with Crippen LogP contribution in [0.5, 0.6) is 11.5 Å². The monoisotopic (exact) mass is 604 g/mol. The van der Waals surface area contributed by atoms with Crippen LogP contribution in [0.15, 0.2) is 108 Å². The van der Waals surface area contributed by atoms with Crippen LogP contribution in [0, 0.1) is 0 Å². The van der Waals surface area contributed by atoms with E-state index in [-0.39, 0.29) is 12.5 Å². The highest BCUT2D eigenvalue weighted by atomic mass is 16.6.